The van der Waals surface area contributed by atoms with Crippen LogP contribution >= 0.6 is 11.6 Å². The van der Waals surface area contributed by atoms with Crippen molar-refractivity contribution in [3.8, 4) is 0 Å². The van der Waals surface area contributed by atoms with E-state index in [-0.39, 0.29) is 17.3 Å². The summed E-state index contributed by atoms with van der Waals surface area (Å²) in [5.74, 6) is -2.07. The number of H-pyrrole nitrogens is 1. The summed E-state index contributed by atoms with van der Waals surface area (Å²) in [6.07, 6.45) is 0.405. The molecule has 2 heterocycles. The molecule has 0 aliphatic carbocycles. The first-order valence-corrected chi connectivity index (χ1v) is 11.5. The first-order chi connectivity index (χ1) is 14.6. The lowest BCUT2D eigenvalue weighted by Gasteiger charge is -2.36. The van der Waals surface area contributed by atoms with Gasteiger partial charge in [-0.05, 0) is 66.8 Å². The molecule has 1 aliphatic heterocycles. The van der Waals surface area contributed by atoms with Crippen molar-refractivity contribution in [2.75, 3.05) is 6.54 Å². The van der Waals surface area contributed by atoms with Gasteiger partial charge in [0, 0.05) is 17.5 Å². The number of hydrogen-bond acceptors (Lipinski definition) is 5. The molecule has 2 aromatic carbocycles. The van der Waals surface area contributed by atoms with Crippen molar-refractivity contribution in [1.29, 1.82) is 0 Å². The molecular formula is C21H21ClFN3O4S. The van der Waals surface area contributed by atoms with Crippen LogP contribution in [-0.4, -0.2) is 29.5 Å². The van der Waals surface area contributed by atoms with E-state index in [0.29, 0.717) is 28.1 Å². The zero-order chi connectivity index (χ0) is 22.5. The number of benzene rings is 2. The van der Waals surface area contributed by atoms with E-state index < -0.39 is 33.6 Å². The van der Waals surface area contributed by atoms with Crippen LogP contribution in [0.25, 0.3) is 0 Å². The molecule has 2 atom stereocenters. The van der Waals surface area contributed by atoms with Gasteiger partial charge in [-0.1, -0.05) is 24.6 Å². The van der Waals surface area contributed by atoms with E-state index in [2.05, 4.69) is 10.2 Å². The molecule has 10 heteroatoms. The van der Waals surface area contributed by atoms with E-state index in [1.165, 1.54) is 22.5 Å². The fraction of sp³-hybridized carbons (Fsp3) is 0.333. The molecule has 0 unspecified atom stereocenters. The van der Waals surface area contributed by atoms with Crippen LogP contribution in [0.15, 0.2) is 44.4 Å². The number of nitrogens with zero attached hydrogens (tertiary/aromatic N) is 2. The van der Waals surface area contributed by atoms with E-state index in [9.17, 15) is 17.6 Å². The number of nitrogens with one attached hydrogen (secondary N) is 1. The highest BCUT2D eigenvalue weighted by molar-refractivity contribution is 7.89. The van der Waals surface area contributed by atoms with Crippen LogP contribution in [0, 0.1) is 19.7 Å². The first-order valence-electron chi connectivity index (χ1n) is 9.72. The van der Waals surface area contributed by atoms with E-state index in [1.54, 1.807) is 26.0 Å². The maximum Gasteiger partial charge on any atom is 0.434 e. The summed E-state index contributed by atoms with van der Waals surface area (Å²) in [4.78, 5) is 11.8. The number of halogens is 2. The van der Waals surface area contributed by atoms with Crippen LogP contribution in [-0.2, 0) is 16.4 Å². The Labute approximate surface area is 183 Å². The smallest absolute Gasteiger partial charge is 0.391 e. The number of aromatic nitrogens is 2. The fourth-order valence-electron chi connectivity index (χ4n) is 4.24. The third-order valence-corrected chi connectivity index (χ3v) is 8.11. The number of aryl methyl sites for hydroxylation is 1. The molecule has 0 bridgehead atoms. The fourth-order valence-corrected chi connectivity index (χ4v) is 6.32. The highest BCUT2D eigenvalue weighted by Gasteiger charge is 2.43. The molecular weight excluding hydrogens is 445 g/mol. The van der Waals surface area contributed by atoms with Crippen LogP contribution in [0.1, 0.15) is 47.0 Å². The van der Waals surface area contributed by atoms with E-state index >= 15 is 0 Å². The topological polar surface area (TPSA) is 96.3 Å². The Morgan fingerprint density at radius 3 is 2.68 bits per heavy atom. The summed E-state index contributed by atoms with van der Waals surface area (Å²) in [7, 11) is -3.99. The Morgan fingerprint density at radius 1 is 1.26 bits per heavy atom. The highest BCUT2D eigenvalue weighted by Crippen LogP contribution is 2.42. The molecule has 7 nitrogen and oxygen atoms in total. The summed E-state index contributed by atoms with van der Waals surface area (Å²) in [6.45, 7) is 5.45. The molecule has 4 rings (SSSR count). The molecule has 1 aromatic heterocycles. The molecule has 0 spiro atoms. The lowest BCUT2D eigenvalue weighted by Crippen LogP contribution is -2.42. The average Bonchev–Trinajstić information content (AvgIpc) is 3.12. The SMILES string of the molecule is Cc1ccc(F)c([C@H](C)[C@@H](c2n[nH]c(=O)o2)N2CCc3cc(Cl)ccc3S2(=O)=O)c1C. The van der Waals surface area contributed by atoms with Crippen LogP contribution in [0.2, 0.25) is 5.02 Å². The van der Waals surface area contributed by atoms with Crippen LogP contribution in [0.5, 0.6) is 0 Å². The Hall–Kier alpha value is -2.49. The predicted octanol–water partition coefficient (Wildman–Crippen LogP) is 3.86. The lowest BCUT2D eigenvalue weighted by molar-refractivity contribution is 0.236. The van der Waals surface area contributed by atoms with Gasteiger partial charge in [-0.25, -0.2) is 22.7 Å². The largest absolute Gasteiger partial charge is 0.434 e. The van der Waals surface area contributed by atoms with Crippen molar-refractivity contribution in [1.82, 2.24) is 14.5 Å². The van der Waals surface area contributed by atoms with Gasteiger partial charge in [-0.3, -0.25) is 0 Å². The third-order valence-electron chi connectivity index (χ3n) is 5.89. The molecule has 164 valence electrons. The minimum atomic E-state index is -3.99. The minimum absolute atomic E-state index is 0.105. The summed E-state index contributed by atoms with van der Waals surface area (Å²) in [6, 6.07) is 6.60. The Balaban J connectivity index is 1.89. The number of sulfonamides is 1. The second kappa shape index (κ2) is 7.89. The molecule has 1 aliphatic rings. The normalized spacial score (nSPS) is 17.8. The zero-order valence-corrected chi connectivity index (χ0v) is 18.7. The van der Waals surface area contributed by atoms with Crippen molar-refractivity contribution in [2.45, 2.75) is 44.0 Å². The molecule has 0 fully saturated rings. The van der Waals surface area contributed by atoms with Crippen molar-refractivity contribution in [2.24, 2.45) is 0 Å². The Kier molecular flexibility index (Phi) is 5.53. The third kappa shape index (κ3) is 3.71. The lowest BCUT2D eigenvalue weighted by atomic mass is 9.87. The zero-order valence-electron chi connectivity index (χ0n) is 17.1. The van der Waals surface area contributed by atoms with Crippen LogP contribution in [0.3, 0.4) is 0 Å². The predicted molar refractivity (Wildman–Crippen MR) is 113 cm³/mol. The molecule has 0 saturated heterocycles. The van der Waals surface area contributed by atoms with Gasteiger partial charge >= 0.3 is 5.76 Å². The molecule has 1 N–H and O–H groups in total. The van der Waals surface area contributed by atoms with Crippen molar-refractivity contribution >= 4 is 21.6 Å². The minimum Gasteiger partial charge on any atom is -0.391 e. The van der Waals surface area contributed by atoms with E-state index in [1.807, 2.05) is 6.92 Å². The number of rotatable bonds is 4. The molecule has 0 amide bonds. The van der Waals surface area contributed by atoms with Crippen molar-refractivity contribution in [3.63, 3.8) is 0 Å². The quantitative estimate of drug-likeness (QED) is 0.631. The summed E-state index contributed by atoms with van der Waals surface area (Å²) >= 11 is 6.03. The van der Waals surface area contributed by atoms with E-state index in [4.69, 9.17) is 16.0 Å². The molecule has 0 radical (unpaired) electrons. The van der Waals surface area contributed by atoms with Gasteiger partial charge in [-0.2, -0.15) is 4.31 Å². The maximum atomic E-state index is 14.9. The summed E-state index contributed by atoms with van der Waals surface area (Å²) < 4.78 is 48.4. The number of hydrogen-bond donors (Lipinski definition) is 1. The van der Waals surface area contributed by atoms with Crippen molar-refractivity contribution in [3.05, 3.63) is 79.9 Å². The van der Waals surface area contributed by atoms with Gasteiger partial charge in [0.15, 0.2) is 0 Å². The second-order valence-corrected chi connectivity index (χ2v) is 10.0. The maximum absolute atomic E-state index is 14.9. The Bertz CT molecular complexity index is 1320. The standard InChI is InChI=1S/C21H21ClFN3O4S/c1-11-4-6-16(23)18(12(11)2)13(3)19(20-24-25-21(27)30-20)26-9-8-14-10-15(22)5-7-17(14)31(26,28)29/h4-7,10,13,19H,8-9H2,1-3H3,(H,25,27)/t13-,19-/m0/s1. The Morgan fingerprint density at radius 2 is 2.00 bits per heavy atom. The summed E-state index contributed by atoms with van der Waals surface area (Å²) in [5, 5.41) is 6.53. The van der Waals surface area contributed by atoms with Gasteiger partial charge < -0.3 is 4.42 Å². The van der Waals surface area contributed by atoms with Crippen LogP contribution in [0.4, 0.5) is 4.39 Å². The van der Waals surface area contributed by atoms with Crippen molar-refractivity contribution < 1.29 is 17.2 Å². The van der Waals surface area contributed by atoms with Gasteiger partial charge in [-0.15, -0.1) is 5.10 Å². The number of aromatic amines is 1. The average molecular weight is 466 g/mol. The number of fused-ring (bicyclic) bond motifs is 1. The monoisotopic (exact) mass is 465 g/mol. The van der Waals surface area contributed by atoms with E-state index in [0.717, 1.165) is 5.56 Å². The van der Waals surface area contributed by atoms with Crippen LogP contribution < -0.4 is 5.76 Å². The molecule has 3 aromatic rings. The first kappa shape index (κ1) is 21.7. The van der Waals surface area contributed by atoms with Gasteiger partial charge in [0.2, 0.25) is 15.9 Å². The molecule has 31 heavy (non-hydrogen) atoms. The molecule has 0 saturated carbocycles. The summed E-state index contributed by atoms with van der Waals surface area (Å²) in [5.41, 5.74) is 2.54. The van der Waals surface area contributed by atoms with Gasteiger partial charge in [0.25, 0.3) is 0 Å². The highest BCUT2D eigenvalue weighted by atomic mass is 35.5. The second-order valence-electron chi connectivity index (χ2n) is 7.71. The van der Waals surface area contributed by atoms with Gasteiger partial charge in [0.1, 0.15) is 11.9 Å². The van der Waals surface area contributed by atoms with Gasteiger partial charge in [0.05, 0.1) is 4.90 Å².